The van der Waals surface area contributed by atoms with Gasteiger partial charge in [0.1, 0.15) is 9.96 Å². The first-order valence-electron chi connectivity index (χ1n) is 8.16. The summed E-state index contributed by atoms with van der Waals surface area (Å²) in [5.74, 6) is 0.295. The van der Waals surface area contributed by atoms with Crippen molar-refractivity contribution in [3.63, 3.8) is 0 Å². The molecule has 2 atom stereocenters. The van der Waals surface area contributed by atoms with E-state index in [1.807, 2.05) is 24.3 Å². The number of rotatable bonds is 7. The molecule has 0 radical (unpaired) electrons. The second kappa shape index (κ2) is 7.67. The minimum Gasteiger partial charge on any atom is -0.497 e. The molecule has 2 aromatic rings. The van der Waals surface area contributed by atoms with E-state index in [4.69, 9.17) is 4.74 Å². The number of nitrogens with one attached hydrogen (secondary N) is 1. The van der Waals surface area contributed by atoms with Gasteiger partial charge in [-0.25, -0.2) is 16.8 Å². The van der Waals surface area contributed by atoms with Gasteiger partial charge < -0.3 is 10.1 Å². The summed E-state index contributed by atoms with van der Waals surface area (Å²) < 4.78 is 55.0. The van der Waals surface area contributed by atoms with Gasteiger partial charge in [0.2, 0.25) is 0 Å². The van der Waals surface area contributed by atoms with E-state index in [-0.39, 0.29) is 15.7 Å². The van der Waals surface area contributed by atoms with Crippen LogP contribution in [-0.4, -0.2) is 53.3 Å². The third-order valence-corrected chi connectivity index (χ3v) is 10.0. The number of sulfone groups is 2. The highest BCUT2D eigenvalue weighted by atomic mass is 32.2. The molecule has 26 heavy (non-hydrogen) atoms. The number of methoxy groups -OCH3 is 1. The molecule has 1 saturated heterocycles. The summed E-state index contributed by atoms with van der Waals surface area (Å²) in [7, 11) is -5.43. The molecule has 3 rings (SSSR count). The van der Waals surface area contributed by atoms with Crippen LogP contribution in [0.3, 0.4) is 0 Å². The summed E-state index contributed by atoms with van der Waals surface area (Å²) in [6, 6.07) is 10.2. The topological polar surface area (TPSA) is 89.5 Å². The van der Waals surface area contributed by atoms with E-state index in [1.54, 1.807) is 18.6 Å². The lowest BCUT2D eigenvalue weighted by atomic mass is 10.1. The van der Waals surface area contributed by atoms with Crippen LogP contribution in [0.1, 0.15) is 5.56 Å². The molecule has 1 aromatic heterocycles. The monoisotopic (exact) mass is 415 g/mol. The van der Waals surface area contributed by atoms with Crippen LogP contribution in [0.5, 0.6) is 5.75 Å². The van der Waals surface area contributed by atoms with E-state index in [2.05, 4.69) is 5.32 Å². The molecule has 0 unspecified atom stereocenters. The summed E-state index contributed by atoms with van der Waals surface area (Å²) >= 11 is 1.12. The smallest absolute Gasteiger partial charge is 0.193 e. The molecule has 0 bridgehead atoms. The summed E-state index contributed by atoms with van der Waals surface area (Å²) in [6.07, 6.45) is 0.673. The van der Waals surface area contributed by atoms with Crippen molar-refractivity contribution < 1.29 is 21.6 Å². The average molecular weight is 416 g/mol. The van der Waals surface area contributed by atoms with Gasteiger partial charge in [0.25, 0.3) is 0 Å². The van der Waals surface area contributed by atoms with Crippen molar-refractivity contribution in [3.05, 3.63) is 47.3 Å². The second-order valence-electron chi connectivity index (χ2n) is 6.25. The van der Waals surface area contributed by atoms with Crippen LogP contribution in [0, 0.1) is 0 Å². The second-order valence-corrected chi connectivity index (χ2v) is 11.7. The third kappa shape index (κ3) is 4.28. The predicted molar refractivity (Wildman–Crippen MR) is 102 cm³/mol. The Bertz CT molecular complexity index is 935. The van der Waals surface area contributed by atoms with Gasteiger partial charge in [-0.1, -0.05) is 18.2 Å². The van der Waals surface area contributed by atoms with E-state index in [9.17, 15) is 16.8 Å². The maximum absolute atomic E-state index is 12.8. The van der Waals surface area contributed by atoms with Gasteiger partial charge in [-0.05, 0) is 42.1 Å². The molecule has 142 valence electrons. The van der Waals surface area contributed by atoms with Crippen molar-refractivity contribution in [3.8, 4) is 5.75 Å². The highest BCUT2D eigenvalue weighted by Crippen LogP contribution is 2.28. The van der Waals surface area contributed by atoms with E-state index in [1.165, 1.54) is 6.07 Å². The highest BCUT2D eigenvalue weighted by Gasteiger charge is 2.45. The molecule has 9 heteroatoms. The SMILES string of the molecule is COc1ccc(CCN[C@@H]2CS(=O)(=O)C[C@H]2S(=O)(=O)c2cccs2)cc1. The summed E-state index contributed by atoms with van der Waals surface area (Å²) in [6.45, 7) is 0.503. The van der Waals surface area contributed by atoms with Crippen molar-refractivity contribution in [2.45, 2.75) is 21.9 Å². The van der Waals surface area contributed by atoms with E-state index >= 15 is 0 Å². The molecule has 0 aliphatic carbocycles. The molecular weight excluding hydrogens is 394 g/mol. The summed E-state index contributed by atoms with van der Waals surface area (Å²) in [5, 5.41) is 3.89. The highest BCUT2D eigenvalue weighted by molar-refractivity contribution is 7.97. The maximum Gasteiger partial charge on any atom is 0.193 e. The molecule has 1 aliphatic rings. The quantitative estimate of drug-likeness (QED) is 0.738. The van der Waals surface area contributed by atoms with Crippen LogP contribution < -0.4 is 10.1 Å². The first-order chi connectivity index (χ1) is 12.3. The van der Waals surface area contributed by atoms with Gasteiger partial charge in [0, 0.05) is 6.04 Å². The maximum atomic E-state index is 12.8. The van der Waals surface area contributed by atoms with Crippen molar-refractivity contribution in [1.29, 1.82) is 0 Å². The zero-order valence-corrected chi connectivity index (χ0v) is 16.7. The third-order valence-electron chi connectivity index (χ3n) is 4.45. The van der Waals surface area contributed by atoms with Crippen LogP contribution >= 0.6 is 11.3 Å². The molecule has 0 saturated carbocycles. The van der Waals surface area contributed by atoms with Crippen LogP contribution in [-0.2, 0) is 26.1 Å². The van der Waals surface area contributed by atoms with E-state index in [0.29, 0.717) is 13.0 Å². The first kappa shape index (κ1) is 19.3. The Morgan fingerprint density at radius 3 is 2.54 bits per heavy atom. The Morgan fingerprint density at radius 1 is 1.19 bits per heavy atom. The minimum absolute atomic E-state index is 0.148. The molecule has 6 nitrogen and oxygen atoms in total. The van der Waals surface area contributed by atoms with Crippen molar-refractivity contribution in [1.82, 2.24) is 5.32 Å². The van der Waals surface area contributed by atoms with Crippen molar-refractivity contribution in [2.24, 2.45) is 0 Å². The van der Waals surface area contributed by atoms with Crippen molar-refractivity contribution >= 4 is 31.0 Å². The minimum atomic E-state index is -3.66. The largest absolute Gasteiger partial charge is 0.497 e. The first-order valence-corrected chi connectivity index (χ1v) is 12.4. The van der Waals surface area contributed by atoms with Gasteiger partial charge in [-0.15, -0.1) is 11.3 Å². The number of thiophene rings is 1. The molecule has 1 aromatic carbocycles. The van der Waals surface area contributed by atoms with Crippen LogP contribution in [0.4, 0.5) is 0 Å². The van der Waals surface area contributed by atoms with Gasteiger partial charge >= 0.3 is 0 Å². The molecule has 0 amide bonds. The zero-order valence-electron chi connectivity index (χ0n) is 14.3. The van der Waals surface area contributed by atoms with Gasteiger partial charge in [0.15, 0.2) is 19.7 Å². The van der Waals surface area contributed by atoms with E-state index in [0.717, 1.165) is 22.6 Å². The van der Waals surface area contributed by atoms with Gasteiger partial charge in [-0.2, -0.15) is 0 Å². The zero-order chi connectivity index (χ0) is 18.8. The lowest BCUT2D eigenvalue weighted by Gasteiger charge is -2.19. The summed E-state index contributed by atoms with van der Waals surface area (Å²) in [4.78, 5) is 0. The number of benzene rings is 1. The summed E-state index contributed by atoms with van der Waals surface area (Å²) in [5.41, 5.74) is 1.07. The average Bonchev–Trinajstić information content (AvgIpc) is 3.24. The van der Waals surface area contributed by atoms with Crippen LogP contribution in [0.25, 0.3) is 0 Å². The number of hydrogen-bond donors (Lipinski definition) is 1. The number of ether oxygens (including phenoxy) is 1. The molecular formula is C17H21NO5S3. The molecule has 1 N–H and O–H groups in total. The lowest BCUT2D eigenvalue weighted by Crippen LogP contribution is -2.43. The van der Waals surface area contributed by atoms with Gasteiger partial charge in [-0.3, -0.25) is 0 Å². The Kier molecular flexibility index (Phi) is 5.71. The Labute approximate surface area is 158 Å². The Morgan fingerprint density at radius 2 is 1.92 bits per heavy atom. The van der Waals surface area contributed by atoms with Crippen LogP contribution in [0.15, 0.2) is 46.0 Å². The normalized spacial score (nSPS) is 22.3. The van der Waals surface area contributed by atoms with Crippen molar-refractivity contribution in [2.75, 3.05) is 25.2 Å². The molecule has 2 heterocycles. The fourth-order valence-corrected chi connectivity index (χ4v) is 9.02. The molecule has 0 spiro atoms. The molecule has 1 aliphatic heterocycles. The fraction of sp³-hybridized carbons (Fsp3) is 0.412. The Hall–Kier alpha value is -1.42. The Balaban J connectivity index is 1.68. The standard InChI is InChI=1S/C17H21NO5S3/c1-23-14-6-4-13(5-7-14)8-9-18-15-11-25(19,20)12-16(15)26(21,22)17-3-2-10-24-17/h2-7,10,15-16,18H,8-9,11-12H2,1H3/t15-,16-/m1/s1. The fourth-order valence-electron chi connectivity index (χ4n) is 3.08. The van der Waals surface area contributed by atoms with Crippen LogP contribution in [0.2, 0.25) is 0 Å². The van der Waals surface area contributed by atoms with Gasteiger partial charge in [0.05, 0.1) is 23.9 Å². The molecule has 1 fully saturated rings. The van der Waals surface area contributed by atoms with E-state index < -0.39 is 31.0 Å². The lowest BCUT2D eigenvalue weighted by molar-refractivity contribution is 0.414. The predicted octanol–water partition coefficient (Wildman–Crippen LogP) is 1.53. The number of hydrogen-bond acceptors (Lipinski definition) is 7.